The summed E-state index contributed by atoms with van der Waals surface area (Å²) in [6.07, 6.45) is 3.52. The molecule has 2 N–H and O–H groups in total. The normalized spacial score (nSPS) is 9.56. The molecule has 1 aromatic rings. The van der Waals surface area contributed by atoms with Crippen molar-refractivity contribution in [1.29, 1.82) is 0 Å². The van der Waals surface area contributed by atoms with Gasteiger partial charge in [-0.2, -0.15) is 0 Å². The van der Waals surface area contributed by atoms with Crippen molar-refractivity contribution in [2.45, 2.75) is 11.8 Å². The van der Waals surface area contributed by atoms with Crippen LogP contribution in [-0.4, -0.2) is 4.98 Å². The number of aromatic nitrogens is 1. The van der Waals surface area contributed by atoms with Gasteiger partial charge in [0, 0.05) is 17.3 Å². The Bertz CT molecular complexity index is 200. The largest absolute Gasteiger partial charge is 0.274 e. The Morgan fingerprint density at radius 2 is 2.44 bits per heavy atom. The summed E-state index contributed by atoms with van der Waals surface area (Å²) in [5, 5.41) is 5.33. The van der Waals surface area contributed by atoms with E-state index in [0.717, 1.165) is 4.90 Å². The third-order valence-electron chi connectivity index (χ3n) is 1.12. The van der Waals surface area contributed by atoms with Crippen LogP contribution in [0.25, 0.3) is 0 Å². The second-order valence-electron chi connectivity index (χ2n) is 1.76. The lowest BCUT2D eigenvalue weighted by Crippen LogP contribution is -1.84. The predicted octanol–water partition coefficient (Wildman–Crippen LogP) is 1.36. The highest BCUT2D eigenvalue weighted by molar-refractivity contribution is 7.97. The summed E-state index contributed by atoms with van der Waals surface area (Å²) in [4.78, 5) is 4.95. The molecule has 0 bridgehead atoms. The number of nitrogens with zero attached hydrogens (tertiary/aromatic N) is 1. The lowest BCUT2D eigenvalue weighted by molar-refractivity contribution is 1.18. The average molecular weight is 140 g/mol. The fraction of sp³-hybridized carbons (Fsp3) is 0.167. The predicted molar refractivity (Wildman–Crippen MR) is 39.0 cm³/mol. The molecule has 0 unspecified atom stereocenters. The molecular weight excluding hydrogens is 132 g/mol. The molecular formula is C6H8N2S. The van der Waals surface area contributed by atoms with Crippen LogP contribution in [0, 0.1) is 6.92 Å². The minimum atomic E-state index is 1.04. The molecule has 1 aromatic heterocycles. The zero-order valence-corrected chi connectivity index (χ0v) is 5.98. The monoisotopic (exact) mass is 140 g/mol. The Morgan fingerprint density at radius 3 is 2.89 bits per heavy atom. The van der Waals surface area contributed by atoms with E-state index in [9.17, 15) is 0 Å². The van der Waals surface area contributed by atoms with Gasteiger partial charge in [-0.3, -0.25) is 10.1 Å². The average Bonchev–Trinajstić information content (AvgIpc) is 1.89. The SMILES string of the molecule is Cc1ccncc1SN. The summed E-state index contributed by atoms with van der Waals surface area (Å²) in [6, 6.07) is 1.94. The maximum absolute atomic E-state index is 5.33. The first-order valence-corrected chi connectivity index (χ1v) is 3.50. The Hall–Kier alpha value is -0.540. The molecule has 0 radical (unpaired) electrons. The molecule has 0 aliphatic rings. The van der Waals surface area contributed by atoms with Crippen LogP contribution in [0.15, 0.2) is 23.4 Å². The third-order valence-corrected chi connectivity index (χ3v) is 1.80. The van der Waals surface area contributed by atoms with Gasteiger partial charge in [0.1, 0.15) is 0 Å². The number of hydrogen-bond acceptors (Lipinski definition) is 3. The number of rotatable bonds is 1. The minimum absolute atomic E-state index is 1.04. The second-order valence-corrected chi connectivity index (χ2v) is 2.43. The quantitative estimate of drug-likeness (QED) is 0.598. The highest BCUT2D eigenvalue weighted by atomic mass is 32.2. The van der Waals surface area contributed by atoms with Gasteiger partial charge in [-0.05, 0) is 30.5 Å². The summed E-state index contributed by atoms with van der Waals surface area (Å²) in [6.45, 7) is 2.01. The summed E-state index contributed by atoms with van der Waals surface area (Å²) < 4.78 is 0. The van der Waals surface area contributed by atoms with Crippen molar-refractivity contribution in [2.24, 2.45) is 5.14 Å². The van der Waals surface area contributed by atoms with Gasteiger partial charge in [0.25, 0.3) is 0 Å². The fourth-order valence-corrected chi connectivity index (χ4v) is 0.949. The highest BCUT2D eigenvalue weighted by Crippen LogP contribution is 2.13. The number of aryl methyl sites for hydroxylation is 1. The third kappa shape index (κ3) is 1.43. The molecule has 0 atom stereocenters. The van der Waals surface area contributed by atoms with Gasteiger partial charge in [0.05, 0.1) is 0 Å². The zero-order valence-electron chi connectivity index (χ0n) is 5.16. The van der Waals surface area contributed by atoms with Crippen molar-refractivity contribution in [3.63, 3.8) is 0 Å². The van der Waals surface area contributed by atoms with Crippen LogP contribution in [-0.2, 0) is 0 Å². The molecule has 1 rings (SSSR count). The van der Waals surface area contributed by atoms with E-state index in [1.165, 1.54) is 17.5 Å². The first kappa shape index (κ1) is 6.58. The van der Waals surface area contributed by atoms with Crippen LogP contribution >= 0.6 is 11.9 Å². The van der Waals surface area contributed by atoms with Crippen LogP contribution in [0.3, 0.4) is 0 Å². The zero-order chi connectivity index (χ0) is 6.69. The first-order valence-electron chi connectivity index (χ1n) is 2.62. The van der Waals surface area contributed by atoms with Crippen molar-refractivity contribution in [2.75, 3.05) is 0 Å². The van der Waals surface area contributed by atoms with Gasteiger partial charge >= 0.3 is 0 Å². The molecule has 3 heteroatoms. The number of pyridine rings is 1. The van der Waals surface area contributed by atoms with Crippen molar-refractivity contribution >= 4 is 11.9 Å². The van der Waals surface area contributed by atoms with Crippen molar-refractivity contribution < 1.29 is 0 Å². The maximum Gasteiger partial charge on any atom is 0.0438 e. The smallest absolute Gasteiger partial charge is 0.0438 e. The first-order chi connectivity index (χ1) is 4.34. The van der Waals surface area contributed by atoms with E-state index in [1.807, 2.05) is 13.0 Å². The fourth-order valence-electron chi connectivity index (χ4n) is 0.573. The summed E-state index contributed by atoms with van der Waals surface area (Å²) >= 11 is 1.23. The van der Waals surface area contributed by atoms with Crippen molar-refractivity contribution in [3.05, 3.63) is 24.0 Å². The molecule has 0 spiro atoms. The highest BCUT2D eigenvalue weighted by Gasteiger charge is 1.92. The molecule has 9 heavy (non-hydrogen) atoms. The molecule has 0 aliphatic carbocycles. The van der Waals surface area contributed by atoms with E-state index >= 15 is 0 Å². The van der Waals surface area contributed by atoms with Gasteiger partial charge in [-0.25, -0.2) is 0 Å². The maximum atomic E-state index is 5.33. The van der Waals surface area contributed by atoms with Gasteiger partial charge in [-0.1, -0.05) is 0 Å². The van der Waals surface area contributed by atoms with E-state index < -0.39 is 0 Å². The summed E-state index contributed by atoms with van der Waals surface area (Å²) in [5.74, 6) is 0. The molecule has 1 heterocycles. The van der Waals surface area contributed by atoms with E-state index in [0.29, 0.717) is 0 Å². The van der Waals surface area contributed by atoms with Gasteiger partial charge < -0.3 is 0 Å². The standard InChI is InChI=1S/C6H8N2S/c1-5-2-3-8-4-6(5)9-7/h2-4H,7H2,1H3. The summed E-state index contributed by atoms with van der Waals surface area (Å²) in [5.41, 5.74) is 1.18. The van der Waals surface area contributed by atoms with Crippen LogP contribution < -0.4 is 5.14 Å². The van der Waals surface area contributed by atoms with Crippen LogP contribution in [0.1, 0.15) is 5.56 Å². The molecule has 0 amide bonds. The van der Waals surface area contributed by atoms with Gasteiger partial charge in [0.2, 0.25) is 0 Å². The molecule has 0 aliphatic heterocycles. The minimum Gasteiger partial charge on any atom is -0.274 e. The van der Waals surface area contributed by atoms with Gasteiger partial charge in [-0.15, -0.1) is 0 Å². The van der Waals surface area contributed by atoms with Crippen molar-refractivity contribution in [3.8, 4) is 0 Å². The molecule has 0 aromatic carbocycles. The van der Waals surface area contributed by atoms with Crippen molar-refractivity contribution in [1.82, 2.24) is 4.98 Å². The lowest BCUT2D eigenvalue weighted by Gasteiger charge is -1.96. The lowest BCUT2D eigenvalue weighted by atomic mass is 10.3. The van der Waals surface area contributed by atoms with E-state index in [2.05, 4.69) is 4.98 Å². The Balaban J connectivity index is 3.01. The van der Waals surface area contributed by atoms with E-state index in [-0.39, 0.29) is 0 Å². The molecule has 48 valence electrons. The topological polar surface area (TPSA) is 38.9 Å². The molecule has 0 saturated heterocycles. The van der Waals surface area contributed by atoms with Crippen LogP contribution in [0.2, 0.25) is 0 Å². The Morgan fingerprint density at radius 1 is 1.67 bits per heavy atom. The molecule has 0 fully saturated rings. The van der Waals surface area contributed by atoms with Gasteiger partial charge in [0.15, 0.2) is 0 Å². The number of nitrogens with two attached hydrogens (primary N) is 1. The summed E-state index contributed by atoms with van der Waals surface area (Å²) in [7, 11) is 0. The second kappa shape index (κ2) is 2.85. The van der Waals surface area contributed by atoms with Crippen LogP contribution in [0.5, 0.6) is 0 Å². The van der Waals surface area contributed by atoms with E-state index in [1.54, 1.807) is 12.4 Å². The molecule has 0 saturated carbocycles. The number of hydrogen-bond donors (Lipinski definition) is 1. The van der Waals surface area contributed by atoms with Crippen LogP contribution in [0.4, 0.5) is 0 Å². The molecule has 2 nitrogen and oxygen atoms in total. The van der Waals surface area contributed by atoms with E-state index in [4.69, 9.17) is 5.14 Å². The Kier molecular flexibility index (Phi) is 2.08. The Labute approximate surface area is 58.6 Å².